The van der Waals surface area contributed by atoms with Crippen molar-refractivity contribution in [3.63, 3.8) is 0 Å². The van der Waals surface area contributed by atoms with E-state index in [2.05, 4.69) is 46.2 Å². The maximum atomic E-state index is 13.7. The molecule has 0 spiro atoms. The molecule has 7 nitrogen and oxygen atoms in total. The summed E-state index contributed by atoms with van der Waals surface area (Å²) in [5.74, 6) is 1.76. The summed E-state index contributed by atoms with van der Waals surface area (Å²) in [7, 11) is 0. The van der Waals surface area contributed by atoms with E-state index in [9.17, 15) is 4.39 Å². The van der Waals surface area contributed by atoms with Crippen molar-refractivity contribution in [2.45, 2.75) is 26.9 Å². The van der Waals surface area contributed by atoms with E-state index in [1.165, 1.54) is 0 Å². The minimum atomic E-state index is -0.218. The van der Waals surface area contributed by atoms with Crippen molar-refractivity contribution in [2.24, 2.45) is 4.99 Å². The maximum Gasteiger partial charge on any atom is 0.223 e. The second-order valence-corrected chi connectivity index (χ2v) is 7.27. The number of guanidine groups is 1. The van der Waals surface area contributed by atoms with E-state index >= 15 is 0 Å². The molecule has 3 rings (SSSR count). The van der Waals surface area contributed by atoms with Gasteiger partial charge in [-0.1, -0.05) is 11.2 Å². The predicted octanol–water partition coefficient (Wildman–Crippen LogP) is 3.18. The second-order valence-electron chi connectivity index (χ2n) is 6.41. The molecule has 2 aromatic rings. The highest BCUT2D eigenvalue weighted by Gasteiger charge is 2.20. The molecule has 2 heterocycles. The first-order chi connectivity index (χ1) is 13.0. The van der Waals surface area contributed by atoms with Gasteiger partial charge in [0.1, 0.15) is 12.4 Å². The fraction of sp³-hybridized carbons (Fsp3) is 0.500. The number of piperazine rings is 1. The number of aryl methyl sites for hydroxylation is 1. The van der Waals surface area contributed by atoms with Crippen molar-refractivity contribution in [2.75, 3.05) is 32.7 Å². The zero-order valence-electron chi connectivity index (χ0n) is 16.0. The molecule has 0 aliphatic carbocycles. The standard InChI is InChI=1S/C18H24BrFN6O.HI/c1-3-21-18(22-11-17-23-13(2)27-24-17)26-8-6-25(7-9-26)12-14-4-5-15(19)16(20)10-14;/h4-5,10H,3,6-9,11-12H2,1-2H3,(H,21,22);1H. The maximum absolute atomic E-state index is 13.7. The largest absolute Gasteiger partial charge is 0.357 e. The predicted molar refractivity (Wildman–Crippen MR) is 120 cm³/mol. The van der Waals surface area contributed by atoms with Crippen LogP contribution in [0.15, 0.2) is 32.2 Å². The molecular weight excluding hydrogens is 542 g/mol. The van der Waals surface area contributed by atoms with Crippen LogP contribution in [0.1, 0.15) is 24.2 Å². The zero-order valence-corrected chi connectivity index (χ0v) is 19.9. The quantitative estimate of drug-likeness (QED) is 0.341. The highest BCUT2D eigenvalue weighted by atomic mass is 127. The van der Waals surface area contributed by atoms with Gasteiger partial charge < -0.3 is 14.7 Å². The summed E-state index contributed by atoms with van der Waals surface area (Å²) in [4.78, 5) is 13.4. The second kappa shape index (κ2) is 11.1. The topological polar surface area (TPSA) is 69.8 Å². The summed E-state index contributed by atoms with van der Waals surface area (Å²) in [5, 5.41) is 7.21. The van der Waals surface area contributed by atoms with Gasteiger partial charge in [0.2, 0.25) is 5.89 Å². The van der Waals surface area contributed by atoms with Crippen LogP contribution in [0.25, 0.3) is 0 Å². The number of nitrogens with zero attached hydrogens (tertiary/aromatic N) is 5. The Morgan fingerprint density at radius 3 is 2.68 bits per heavy atom. The summed E-state index contributed by atoms with van der Waals surface area (Å²) >= 11 is 3.20. The first-order valence-corrected chi connectivity index (χ1v) is 9.83. The molecule has 0 unspecified atom stereocenters. The average Bonchev–Trinajstić information content (AvgIpc) is 3.08. The normalized spacial score (nSPS) is 15.4. The summed E-state index contributed by atoms with van der Waals surface area (Å²) in [6.45, 7) is 9.24. The lowest BCUT2D eigenvalue weighted by Gasteiger charge is -2.36. The van der Waals surface area contributed by atoms with Crippen LogP contribution in [0.3, 0.4) is 0 Å². The van der Waals surface area contributed by atoms with Gasteiger partial charge >= 0.3 is 0 Å². The van der Waals surface area contributed by atoms with E-state index in [0.29, 0.717) is 22.7 Å². The van der Waals surface area contributed by atoms with Crippen LogP contribution in [0.2, 0.25) is 0 Å². The molecule has 1 aliphatic rings. The first-order valence-electron chi connectivity index (χ1n) is 9.04. The molecule has 1 saturated heterocycles. The number of aliphatic imine (C=N–C) groups is 1. The Bertz CT molecular complexity index is 794. The van der Waals surface area contributed by atoms with Crippen LogP contribution in [0, 0.1) is 12.7 Å². The molecule has 10 heteroatoms. The fourth-order valence-corrected chi connectivity index (χ4v) is 3.24. The van der Waals surface area contributed by atoms with Crippen molar-refractivity contribution in [1.29, 1.82) is 0 Å². The van der Waals surface area contributed by atoms with E-state index in [-0.39, 0.29) is 29.8 Å². The van der Waals surface area contributed by atoms with E-state index in [0.717, 1.165) is 50.8 Å². The van der Waals surface area contributed by atoms with Crippen molar-refractivity contribution >= 4 is 45.9 Å². The smallest absolute Gasteiger partial charge is 0.223 e. The highest BCUT2D eigenvalue weighted by Crippen LogP contribution is 2.18. The lowest BCUT2D eigenvalue weighted by molar-refractivity contribution is 0.172. The molecule has 1 aliphatic heterocycles. The van der Waals surface area contributed by atoms with E-state index in [4.69, 9.17) is 4.52 Å². The molecule has 1 aromatic heterocycles. The molecule has 0 amide bonds. The minimum absolute atomic E-state index is 0. The Labute approximate surface area is 189 Å². The third kappa shape index (κ3) is 6.38. The van der Waals surface area contributed by atoms with Gasteiger partial charge in [0, 0.05) is 46.2 Å². The minimum Gasteiger partial charge on any atom is -0.357 e. The molecular formula is C18H25BrFIN6O. The van der Waals surface area contributed by atoms with Crippen molar-refractivity contribution in [3.05, 3.63) is 45.8 Å². The molecule has 0 bridgehead atoms. The highest BCUT2D eigenvalue weighted by molar-refractivity contribution is 14.0. The molecule has 0 atom stereocenters. The number of aromatic nitrogens is 2. The summed E-state index contributed by atoms with van der Waals surface area (Å²) < 4.78 is 19.2. The molecule has 0 saturated carbocycles. The Morgan fingerprint density at radius 2 is 2.07 bits per heavy atom. The van der Waals surface area contributed by atoms with Gasteiger partial charge in [-0.3, -0.25) is 4.90 Å². The van der Waals surface area contributed by atoms with Crippen LogP contribution in [0.5, 0.6) is 0 Å². The number of halogens is 3. The van der Waals surface area contributed by atoms with Gasteiger partial charge in [-0.15, -0.1) is 24.0 Å². The van der Waals surface area contributed by atoms with Crippen molar-refractivity contribution in [1.82, 2.24) is 25.3 Å². The SMILES string of the molecule is CCNC(=NCc1noc(C)n1)N1CCN(Cc2ccc(Br)c(F)c2)CC1.I. The van der Waals surface area contributed by atoms with Crippen LogP contribution in [-0.4, -0.2) is 58.6 Å². The number of rotatable bonds is 5. The van der Waals surface area contributed by atoms with Crippen molar-refractivity contribution < 1.29 is 8.91 Å². The molecule has 1 N–H and O–H groups in total. The average molecular weight is 567 g/mol. The molecule has 1 aromatic carbocycles. The van der Waals surface area contributed by atoms with Gasteiger partial charge in [0.25, 0.3) is 0 Å². The van der Waals surface area contributed by atoms with Crippen LogP contribution < -0.4 is 5.32 Å². The van der Waals surface area contributed by atoms with Gasteiger partial charge in [0.15, 0.2) is 11.8 Å². The van der Waals surface area contributed by atoms with Crippen LogP contribution in [0.4, 0.5) is 4.39 Å². The molecule has 0 radical (unpaired) electrons. The third-order valence-electron chi connectivity index (χ3n) is 4.34. The Kier molecular flexibility index (Phi) is 9.09. The Balaban J connectivity index is 0.00000280. The summed E-state index contributed by atoms with van der Waals surface area (Å²) in [6.07, 6.45) is 0. The van der Waals surface area contributed by atoms with Gasteiger partial charge in [-0.25, -0.2) is 9.38 Å². The molecule has 1 fully saturated rings. The Hall–Kier alpha value is -1.27. The fourth-order valence-electron chi connectivity index (χ4n) is 2.99. The number of hydrogen-bond donors (Lipinski definition) is 1. The molecule has 154 valence electrons. The lowest BCUT2D eigenvalue weighted by atomic mass is 10.2. The first kappa shape index (κ1) is 23.0. The van der Waals surface area contributed by atoms with E-state index in [1.54, 1.807) is 19.1 Å². The third-order valence-corrected chi connectivity index (χ3v) is 4.98. The number of benzene rings is 1. The van der Waals surface area contributed by atoms with Crippen LogP contribution in [-0.2, 0) is 13.1 Å². The monoisotopic (exact) mass is 566 g/mol. The Morgan fingerprint density at radius 1 is 1.32 bits per heavy atom. The van der Waals surface area contributed by atoms with Crippen molar-refractivity contribution in [3.8, 4) is 0 Å². The summed E-state index contributed by atoms with van der Waals surface area (Å²) in [6, 6.07) is 5.31. The van der Waals surface area contributed by atoms with Gasteiger partial charge in [0.05, 0.1) is 4.47 Å². The van der Waals surface area contributed by atoms with E-state index in [1.807, 2.05) is 13.0 Å². The van der Waals surface area contributed by atoms with E-state index < -0.39 is 0 Å². The summed E-state index contributed by atoms with van der Waals surface area (Å²) in [5.41, 5.74) is 0.984. The zero-order chi connectivity index (χ0) is 19.2. The lowest BCUT2D eigenvalue weighted by Crippen LogP contribution is -2.52. The number of nitrogens with one attached hydrogen (secondary N) is 1. The van der Waals surface area contributed by atoms with Gasteiger partial charge in [-0.05, 0) is 40.5 Å². The van der Waals surface area contributed by atoms with Gasteiger partial charge in [-0.2, -0.15) is 4.98 Å². The van der Waals surface area contributed by atoms with Crippen LogP contribution >= 0.6 is 39.9 Å². The molecule has 28 heavy (non-hydrogen) atoms. The number of hydrogen-bond acceptors (Lipinski definition) is 5.